The first kappa shape index (κ1) is 8.73. The minimum atomic E-state index is 0.116. The predicted octanol–water partition coefficient (Wildman–Crippen LogP) is 2.16. The minimum Gasteiger partial charge on any atom is -0.376 e. The van der Waals surface area contributed by atoms with Crippen LogP contribution in [0.15, 0.2) is 30.3 Å². The Balaban J connectivity index is 2.08. The average Bonchev–Trinajstić information content (AvgIpc) is 2.19. The molecule has 1 fully saturated rings. The van der Waals surface area contributed by atoms with Crippen molar-refractivity contribution >= 4 is 0 Å². The first-order valence-electron chi connectivity index (χ1n) is 4.64. The number of benzene rings is 1. The molecule has 1 aromatic rings. The summed E-state index contributed by atoms with van der Waals surface area (Å²) >= 11 is 0. The van der Waals surface area contributed by atoms with Crippen LogP contribution in [0.1, 0.15) is 18.6 Å². The topological polar surface area (TPSA) is 18.5 Å². The molecule has 2 nitrogen and oxygen atoms in total. The lowest BCUT2D eigenvalue weighted by Crippen LogP contribution is -2.28. The molecule has 2 atom stereocenters. The van der Waals surface area contributed by atoms with E-state index in [1.807, 2.05) is 25.1 Å². The van der Waals surface area contributed by atoms with E-state index in [1.165, 1.54) is 5.56 Å². The van der Waals surface area contributed by atoms with Gasteiger partial charge in [-0.25, -0.2) is 0 Å². The summed E-state index contributed by atoms with van der Waals surface area (Å²) in [7, 11) is 0. The van der Waals surface area contributed by atoms with E-state index < -0.39 is 0 Å². The number of hydrogen-bond donors (Lipinski definition) is 0. The molecule has 0 bridgehead atoms. The zero-order valence-electron chi connectivity index (χ0n) is 7.77. The van der Waals surface area contributed by atoms with Gasteiger partial charge >= 0.3 is 0 Å². The molecular weight excluding hydrogens is 164 g/mol. The predicted molar refractivity (Wildman–Crippen MR) is 50.5 cm³/mol. The van der Waals surface area contributed by atoms with Crippen LogP contribution in [0.5, 0.6) is 0 Å². The zero-order valence-corrected chi connectivity index (χ0v) is 7.77. The van der Waals surface area contributed by atoms with Crippen LogP contribution in [0.2, 0.25) is 0 Å². The van der Waals surface area contributed by atoms with Crippen LogP contribution in [0.25, 0.3) is 0 Å². The molecule has 1 unspecified atom stereocenters. The van der Waals surface area contributed by atoms with E-state index in [4.69, 9.17) is 9.47 Å². The molecule has 13 heavy (non-hydrogen) atoms. The van der Waals surface area contributed by atoms with E-state index in [2.05, 4.69) is 12.1 Å². The quantitative estimate of drug-likeness (QED) is 0.656. The lowest BCUT2D eigenvalue weighted by molar-refractivity contribution is -0.132. The van der Waals surface area contributed by atoms with Crippen LogP contribution in [-0.4, -0.2) is 19.3 Å². The summed E-state index contributed by atoms with van der Waals surface area (Å²) in [5, 5.41) is 0. The van der Waals surface area contributed by atoms with Crippen molar-refractivity contribution in [2.24, 2.45) is 0 Å². The second-order valence-electron chi connectivity index (χ2n) is 3.38. The van der Waals surface area contributed by atoms with Gasteiger partial charge in [0.1, 0.15) is 6.10 Å². The standard InChI is InChI=1S/C11H14O2/c1-9-7-12-8-11(13-9)10-5-3-2-4-6-10/h2-6,9,11H,7-8H2,1H3/t9-,11?/m0/s1. The van der Waals surface area contributed by atoms with Gasteiger partial charge in [-0.2, -0.15) is 0 Å². The van der Waals surface area contributed by atoms with Crippen molar-refractivity contribution in [3.63, 3.8) is 0 Å². The van der Waals surface area contributed by atoms with E-state index in [0.29, 0.717) is 13.2 Å². The highest BCUT2D eigenvalue weighted by atomic mass is 16.6. The Labute approximate surface area is 78.5 Å². The Hall–Kier alpha value is -0.860. The zero-order chi connectivity index (χ0) is 9.10. The summed E-state index contributed by atoms with van der Waals surface area (Å²) in [5.74, 6) is 0. The summed E-state index contributed by atoms with van der Waals surface area (Å²) in [5.41, 5.74) is 1.20. The molecule has 0 aliphatic carbocycles. The molecule has 0 saturated carbocycles. The van der Waals surface area contributed by atoms with Crippen LogP contribution in [-0.2, 0) is 9.47 Å². The summed E-state index contributed by atoms with van der Waals surface area (Å²) in [6, 6.07) is 10.2. The van der Waals surface area contributed by atoms with E-state index in [-0.39, 0.29) is 12.2 Å². The Morgan fingerprint density at radius 1 is 1.15 bits per heavy atom. The van der Waals surface area contributed by atoms with Gasteiger partial charge in [0.2, 0.25) is 0 Å². The SMILES string of the molecule is C[C@H]1COCC(c2ccccc2)O1. The molecule has 2 rings (SSSR count). The monoisotopic (exact) mass is 178 g/mol. The average molecular weight is 178 g/mol. The van der Waals surface area contributed by atoms with Crippen LogP contribution < -0.4 is 0 Å². The second-order valence-corrected chi connectivity index (χ2v) is 3.38. The Morgan fingerprint density at radius 3 is 2.62 bits per heavy atom. The van der Waals surface area contributed by atoms with Crippen molar-refractivity contribution in [3.8, 4) is 0 Å². The van der Waals surface area contributed by atoms with Crippen molar-refractivity contribution < 1.29 is 9.47 Å². The molecule has 0 aromatic heterocycles. The molecule has 1 aliphatic rings. The molecule has 0 spiro atoms. The summed E-state index contributed by atoms with van der Waals surface area (Å²) in [4.78, 5) is 0. The Kier molecular flexibility index (Phi) is 2.62. The van der Waals surface area contributed by atoms with E-state index >= 15 is 0 Å². The summed E-state index contributed by atoms with van der Waals surface area (Å²) in [6.45, 7) is 3.42. The summed E-state index contributed by atoms with van der Waals surface area (Å²) < 4.78 is 11.2. The van der Waals surface area contributed by atoms with Gasteiger partial charge in [0.05, 0.1) is 19.3 Å². The molecular formula is C11H14O2. The van der Waals surface area contributed by atoms with E-state index in [1.54, 1.807) is 0 Å². The largest absolute Gasteiger partial charge is 0.376 e. The fraction of sp³-hybridized carbons (Fsp3) is 0.455. The molecule has 1 aliphatic heterocycles. The molecule has 0 radical (unpaired) electrons. The molecule has 70 valence electrons. The van der Waals surface area contributed by atoms with Crippen LogP contribution in [0, 0.1) is 0 Å². The molecule has 1 aromatic carbocycles. The van der Waals surface area contributed by atoms with Gasteiger partial charge in [0.25, 0.3) is 0 Å². The van der Waals surface area contributed by atoms with Gasteiger partial charge in [-0.3, -0.25) is 0 Å². The highest BCUT2D eigenvalue weighted by Crippen LogP contribution is 2.22. The van der Waals surface area contributed by atoms with Gasteiger partial charge in [0, 0.05) is 0 Å². The molecule has 1 saturated heterocycles. The van der Waals surface area contributed by atoms with Crippen LogP contribution in [0.4, 0.5) is 0 Å². The maximum atomic E-state index is 5.75. The first-order valence-corrected chi connectivity index (χ1v) is 4.64. The second kappa shape index (κ2) is 3.90. The van der Waals surface area contributed by atoms with E-state index in [9.17, 15) is 0 Å². The Morgan fingerprint density at radius 2 is 1.92 bits per heavy atom. The maximum Gasteiger partial charge on any atom is 0.106 e. The maximum absolute atomic E-state index is 5.75. The van der Waals surface area contributed by atoms with Gasteiger partial charge < -0.3 is 9.47 Å². The van der Waals surface area contributed by atoms with Gasteiger partial charge in [-0.05, 0) is 12.5 Å². The summed E-state index contributed by atoms with van der Waals surface area (Å²) in [6.07, 6.45) is 0.323. The van der Waals surface area contributed by atoms with Gasteiger partial charge in [-0.1, -0.05) is 30.3 Å². The van der Waals surface area contributed by atoms with Crippen molar-refractivity contribution in [3.05, 3.63) is 35.9 Å². The van der Waals surface area contributed by atoms with Crippen molar-refractivity contribution in [2.45, 2.75) is 19.1 Å². The Bertz CT molecular complexity index is 258. The fourth-order valence-corrected chi connectivity index (χ4v) is 1.54. The lowest BCUT2D eigenvalue weighted by Gasteiger charge is -2.28. The van der Waals surface area contributed by atoms with Gasteiger partial charge in [-0.15, -0.1) is 0 Å². The normalized spacial score (nSPS) is 28.7. The third-order valence-electron chi connectivity index (χ3n) is 2.19. The lowest BCUT2D eigenvalue weighted by atomic mass is 10.1. The first-order chi connectivity index (χ1) is 6.36. The minimum absolute atomic E-state index is 0.116. The highest BCUT2D eigenvalue weighted by Gasteiger charge is 2.20. The fourth-order valence-electron chi connectivity index (χ4n) is 1.54. The third kappa shape index (κ3) is 2.08. The number of rotatable bonds is 1. The number of hydrogen-bond acceptors (Lipinski definition) is 2. The van der Waals surface area contributed by atoms with Crippen LogP contribution >= 0.6 is 0 Å². The molecule has 1 heterocycles. The molecule has 2 heteroatoms. The molecule has 0 N–H and O–H groups in total. The van der Waals surface area contributed by atoms with Crippen molar-refractivity contribution in [1.29, 1.82) is 0 Å². The van der Waals surface area contributed by atoms with Gasteiger partial charge in [0.15, 0.2) is 0 Å². The van der Waals surface area contributed by atoms with Crippen molar-refractivity contribution in [1.82, 2.24) is 0 Å². The van der Waals surface area contributed by atoms with Crippen molar-refractivity contribution in [2.75, 3.05) is 13.2 Å². The molecule has 0 amide bonds. The van der Waals surface area contributed by atoms with Crippen LogP contribution in [0.3, 0.4) is 0 Å². The highest BCUT2D eigenvalue weighted by molar-refractivity contribution is 5.17. The smallest absolute Gasteiger partial charge is 0.106 e. The third-order valence-corrected chi connectivity index (χ3v) is 2.19. The number of ether oxygens (including phenoxy) is 2. The van der Waals surface area contributed by atoms with E-state index in [0.717, 1.165) is 0 Å².